The van der Waals surface area contributed by atoms with Gasteiger partial charge in [0.05, 0.1) is 57.5 Å². The van der Waals surface area contributed by atoms with E-state index in [0.29, 0.717) is 31.0 Å². The average molecular weight is 389 g/mol. The van der Waals surface area contributed by atoms with Crippen LogP contribution in [0.5, 0.6) is 5.75 Å². The molecule has 0 bridgehead atoms. The highest BCUT2D eigenvalue weighted by Gasteiger charge is 2.35. The molecule has 5 saturated heterocycles. The van der Waals surface area contributed by atoms with Crippen molar-refractivity contribution in [2.75, 3.05) is 57.6 Å². The minimum absolute atomic E-state index is 0.246. The molecule has 5 fully saturated rings. The molecule has 5 aliphatic heterocycles. The van der Waals surface area contributed by atoms with E-state index in [2.05, 4.69) is 17.0 Å². The monoisotopic (exact) mass is 389 g/mol. The molecule has 7 nitrogen and oxygen atoms in total. The van der Waals surface area contributed by atoms with Crippen LogP contribution in [0.1, 0.15) is 11.1 Å². The first kappa shape index (κ1) is 17.5. The molecule has 1 aromatic rings. The summed E-state index contributed by atoms with van der Waals surface area (Å²) in [5, 5.41) is 0. The summed E-state index contributed by atoms with van der Waals surface area (Å²) in [4.78, 5) is 2.44. The van der Waals surface area contributed by atoms with Crippen molar-refractivity contribution in [3.63, 3.8) is 0 Å². The van der Waals surface area contributed by atoms with Crippen molar-refractivity contribution in [2.24, 2.45) is 0 Å². The topological polar surface area (TPSA) is 75.1 Å². The lowest BCUT2D eigenvalue weighted by molar-refractivity contribution is 0.260. The lowest BCUT2D eigenvalue weighted by Gasteiger charge is -2.28. The molecular weight excluding hydrogens is 362 g/mol. The van der Waals surface area contributed by atoms with E-state index >= 15 is 0 Å². The van der Waals surface area contributed by atoms with Crippen LogP contribution in [0.3, 0.4) is 0 Å². The second kappa shape index (κ2) is 7.15. The van der Waals surface area contributed by atoms with Crippen molar-refractivity contribution in [1.82, 2.24) is 0 Å². The number of ether oxygens (including phenoxy) is 6. The van der Waals surface area contributed by atoms with Crippen LogP contribution in [-0.2, 0) is 36.5 Å². The Labute approximate surface area is 164 Å². The second-order valence-corrected chi connectivity index (χ2v) is 8.44. The lowest BCUT2D eigenvalue weighted by Crippen LogP contribution is -2.33. The maximum atomic E-state index is 6.16. The van der Waals surface area contributed by atoms with Crippen LogP contribution in [0.15, 0.2) is 12.1 Å². The van der Waals surface area contributed by atoms with E-state index in [1.165, 1.54) is 16.8 Å². The molecule has 0 spiro atoms. The van der Waals surface area contributed by atoms with Gasteiger partial charge in [-0.05, 0) is 17.7 Å². The van der Waals surface area contributed by atoms with Gasteiger partial charge in [0.15, 0.2) is 0 Å². The van der Waals surface area contributed by atoms with Gasteiger partial charge in [-0.15, -0.1) is 0 Å². The molecule has 28 heavy (non-hydrogen) atoms. The van der Waals surface area contributed by atoms with Gasteiger partial charge in [-0.25, -0.2) is 0 Å². The maximum Gasteiger partial charge on any atom is 0.123 e. The Bertz CT molecular complexity index is 708. The molecule has 6 rings (SSSR count). The number of epoxide rings is 5. The highest BCUT2D eigenvalue weighted by atomic mass is 16.6. The molecule has 0 saturated carbocycles. The molecule has 5 unspecified atom stereocenters. The minimum atomic E-state index is 0.246. The smallest absolute Gasteiger partial charge is 0.123 e. The number of rotatable bonds is 12. The predicted octanol–water partition coefficient (Wildman–Crippen LogP) is 0.951. The van der Waals surface area contributed by atoms with Crippen molar-refractivity contribution in [1.29, 1.82) is 0 Å². The number of anilines is 1. The molecule has 0 radical (unpaired) electrons. The van der Waals surface area contributed by atoms with Crippen LogP contribution in [0.2, 0.25) is 0 Å². The van der Waals surface area contributed by atoms with Gasteiger partial charge in [0.2, 0.25) is 0 Å². The van der Waals surface area contributed by atoms with E-state index in [9.17, 15) is 0 Å². The van der Waals surface area contributed by atoms with Crippen molar-refractivity contribution in [3.05, 3.63) is 23.3 Å². The highest BCUT2D eigenvalue weighted by Crippen LogP contribution is 2.38. The molecule has 5 heterocycles. The molecule has 7 heteroatoms. The van der Waals surface area contributed by atoms with Gasteiger partial charge >= 0.3 is 0 Å². The quantitative estimate of drug-likeness (QED) is 0.493. The molecule has 5 aliphatic rings. The standard InChI is InChI=1S/C21H27NO6/c1-2-21(28-12-17-11-27-17)19(4-14-8-24-14)18(3-13-7-23-13)20(1)22(5-15-9-25-15)6-16-10-26-16/h1-2,13-17H,3-12H2. The Balaban J connectivity index is 1.33. The highest BCUT2D eigenvalue weighted by molar-refractivity contribution is 5.62. The zero-order chi connectivity index (χ0) is 18.5. The lowest BCUT2D eigenvalue weighted by atomic mass is 9.95. The third-order valence-corrected chi connectivity index (χ3v) is 5.85. The van der Waals surface area contributed by atoms with Gasteiger partial charge in [0.25, 0.3) is 0 Å². The van der Waals surface area contributed by atoms with E-state index in [4.69, 9.17) is 28.4 Å². The molecule has 0 N–H and O–H groups in total. The first-order valence-corrected chi connectivity index (χ1v) is 10.4. The molecule has 0 aliphatic carbocycles. The summed E-state index contributed by atoms with van der Waals surface area (Å²) in [5.41, 5.74) is 3.88. The van der Waals surface area contributed by atoms with E-state index < -0.39 is 0 Å². The fourth-order valence-electron chi connectivity index (χ4n) is 3.83. The van der Waals surface area contributed by atoms with Gasteiger partial charge < -0.3 is 33.3 Å². The molecular formula is C21H27NO6. The number of hydrogen-bond donors (Lipinski definition) is 0. The number of benzene rings is 1. The molecule has 152 valence electrons. The van der Waals surface area contributed by atoms with Crippen molar-refractivity contribution in [3.8, 4) is 5.75 Å². The molecule has 0 amide bonds. The molecule has 1 aromatic carbocycles. The van der Waals surface area contributed by atoms with Crippen molar-refractivity contribution in [2.45, 2.75) is 43.4 Å². The number of hydrogen-bond acceptors (Lipinski definition) is 7. The van der Waals surface area contributed by atoms with Crippen LogP contribution < -0.4 is 9.64 Å². The fraction of sp³-hybridized carbons (Fsp3) is 0.714. The first-order chi connectivity index (χ1) is 13.8. The number of nitrogens with zero attached hydrogens (tertiary/aromatic N) is 1. The van der Waals surface area contributed by atoms with E-state index in [1.807, 2.05) is 0 Å². The van der Waals surface area contributed by atoms with E-state index in [0.717, 1.165) is 64.7 Å². The Hall–Kier alpha value is -1.38. The van der Waals surface area contributed by atoms with Crippen LogP contribution in [0, 0.1) is 0 Å². The summed E-state index contributed by atoms with van der Waals surface area (Å²) in [6.45, 7) is 6.64. The van der Waals surface area contributed by atoms with Gasteiger partial charge in [-0.1, -0.05) is 0 Å². The Morgan fingerprint density at radius 2 is 1.25 bits per heavy atom. The second-order valence-electron chi connectivity index (χ2n) is 8.44. The van der Waals surface area contributed by atoms with Gasteiger partial charge in [-0.2, -0.15) is 0 Å². The summed E-state index contributed by atoms with van der Waals surface area (Å²) < 4.78 is 33.7. The third-order valence-electron chi connectivity index (χ3n) is 5.85. The van der Waals surface area contributed by atoms with Crippen molar-refractivity contribution >= 4 is 5.69 Å². The first-order valence-electron chi connectivity index (χ1n) is 10.4. The molecule has 0 aromatic heterocycles. The zero-order valence-electron chi connectivity index (χ0n) is 16.0. The van der Waals surface area contributed by atoms with E-state index in [1.54, 1.807) is 0 Å². The predicted molar refractivity (Wildman–Crippen MR) is 100 cm³/mol. The fourth-order valence-corrected chi connectivity index (χ4v) is 3.83. The normalized spacial score (nSPS) is 34.1. The van der Waals surface area contributed by atoms with Crippen LogP contribution in [-0.4, -0.2) is 83.3 Å². The SMILES string of the molecule is c1cc(N(CC2CO2)CC2CO2)c(CC2CO2)c(CC2CO2)c1OCC1CO1. The largest absolute Gasteiger partial charge is 0.490 e. The minimum Gasteiger partial charge on any atom is -0.490 e. The van der Waals surface area contributed by atoms with Crippen LogP contribution in [0.25, 0.3) is 0 Å². The van der Waals surface area contributed by atoms with Gasteiger partial charge in [-0.3, -0.25) is 0 Å². The zero-order valence-corrected chi connectivity index (χ0v) is 16.0. The summed E-state index contributed by atoms with van der Waals surface area (Å²) in [5.74, 6) is 0.968. The summed E-state index contributed by atoms with van der Waals surface area (Å²) in [7, 11) is 0. The van der Waals surface area contributed by atoms with E-state index in [-0.39, 0.29) is 6.10 Å². The Morgan fingerprint density at radius 1 is 0.714 bits per heavy atom. The average Bonchev–Trinajstić information content (AvgIpc) is 3.51. The van der Waals surface area contributed by atoms with Crippen molar-refractivity contribution < 1.29 is 28.4 Å². The van der Waals surface area contributed by atoms with Crippen LogP contribution in [0.4, 0.5) is 5.69 Å². The van der Waals surface area contributed by atoms with Gasteiger partial charge in [0, 0.05) is 37.2 Å². The maximum absolute atomic E-state index is 6.16. The Kier molecular flexibility index (Phi) is 4.46. The van der Waals surface area contributed by atoms with Gasteiger partial charge in [0.1, 0.15) is 18.5 Å². The summed E-state index contributed by atoms with van der Waals surface area (Å²) in [6.07, 6.45) is 3.35. The third kappa shape index (κ3) is 4.44. The Morgan fingerprint density at radius 3 is 1.79 bits per heavy atom. The summed E-state index contributed by atoms with van der Waals surface area (Å²) in [6, 6.07) is 4.34. The van der Waals surface area contributed by atoms with Crippen LogP contribution >= 0.6 is 0 Å². The molecule has 5 atom stereocenters. The summed E-state index contributed by atoms with van der Waals surface area (Å²) >= 11 is 0.